The number of aryl methyl sites for hydroxylation is 1. The number of β-lactam (4-membered cyclic amide) rings is 1. The summed E-state index contributed by atoms with van der Waals surface area (Å²) in [6, 6.07) is 0. The second-order valence-electron chi connectivity index (χ2n) is 4.99. The molecule has 2 aromatic rings. The van der Waals surface area contributed by atoms with Gasteiger partial charge in [0.2, 0.25) is 0 Å². The van der Waals surface area contributed by atoms with E-state index in [1.165, 1.54) is 33.4 Å². The molecule has 24 heavy (non-hydrogen) atoms. The van der Waals surface area contributed by atoms with Gasteiger partial charge in [0.15, 0.2) is 10.8 Å². The quantitative estimate of drug-likeness (QED) is 0.336. The minimum absolute atomic E-state index is 0. The van der Waals surface area contributed by atoms with E-state index in [9.17, 15) is 14.7 Å². The summed E-state index contributed by atoms with van der Waals surface area (Å²) in [4.78, 5) is 33.0. The second-order valence-corrected chi connectivity index (χ2v) is 6.84. The first-order valence-corrected chi connectivity index (χ1v) is 8.44. The van der Waals surface area contributed by atoms with Gasteiger partial charge in [-0.05, 0) is 11.5 Å². The Balaban J connectivity index is 0.00000169. The number of aliphatic carboxylic acids is 1. The number of thioether (sulfide) groups is 1. The van der Waals surface area contributed by atoms with Gasteiger partial charge in [-0.25, -0.2) is 9.97 Å². The molecule has 2 aliphatic rings. The number of nitrogens with zero attached hydrogens (tertiary/aromatic N) is 4. The third kappa shape index (κ3) is 2.66. The van der Waals surface area contributed by atoms with E-state index in [0.717, 1.165) is 10.8 Å². The van der Waals surface area contributed by atoms with Gasteiger partial charge in [-0.15, -0.1) is 23.1 Å². The van der Waals surface area contributed by atoms with Gasteiger partial charge < -0.3 is 14.5 Å². The summed E-state index contributed by atoms with van der Waals surface area (Å²) in [5.41, 5.74) is 1.10. The van der Waals surface area contributed by atoms with Crippen molar-refractivity contribution in [3.05, 3.63) is 40.1 Å². The Morgan fingerprint density at radius 1 is 1.46 bits per heavy atom. The van der Waals surface area contributed by atoms with Crippen LogP contribution in [0.15, 0.2) is 34.5 Å². The van der Waals surface area contributed by atoms with Crippen molar-refractivity contribution in [3.8, 4) is 10.8 Å². The van der Waals surface area contributed by atoms with Crippen LogP contribution in [-0.2, 0) is 16.6 Å². The van der Waals surface area contributed by atoms with Gasteiger partial charge in [0.1, 0.15) is 5.37 Å². The average molecular weight is 368 g/mol. The molecule has 2 aromatic heterocycles. The minimum atomic E-state index is -1.34. The van der Waals surface area contributed by atoms with E-state index in [1.54, 1.807) is 12.3 Å². The van der Waals surface area contributed by atoms with E-state index in [0.29, 0.717) is 11.3 Å². The maximum Gasteiger partial charge on any atom is 1.00 e. The molecule has 4 rings (SSSR count). The average Bonchev–Trinajstić information content (AvgIpc) is 3.22. The summed E-state index contributed by atoms with van der Waals surface area (Å²) < 4.78 is 1.85. The SMILES string of the molecule is Cn1cc(/C=C2/C(=O)N3C(C(=O)[O-])=CSC23)nc1-c1nccs1.[Na+]. The normalized spacial score (nSPS) is 20.5. The fourth-order valence-corrected chi connectivity index (χ4v) is 4.29. The molecule has 0 bridgehead atoms. The topological polar surface area (TPSA) is 91.2 Å². The van der Waals surface area contributed by atoms with Crippen molar-refractivity contribution in [3.63, 3.8) is 0 Å². The van der Waals surface area contributed by atoms with Gasteiger partial charge in [0.25, 0.3) is 5.91 Å². The van der Waals surface area contributed by atoms with Crippen LogP contribution in [0.3, 0.4) is 0 Å². The van der Waals surface area contributed by atoms with Gasteiger partial charge in [0, 0.05) is 24.8 Å². The maximum atomic E-state index is 12.2. The third-order valence-corrected chi connectivity index (χ3v) is 5.42. The van der Waals surface area contributed by atoms with Crippen LogP contribution in [0.4, 0.5) is 0 Å². The number of aromatic nitrogens is 3. The Hall–Kier alpha value is -1.39. The number of carbonyl (C=O) groups is 2. The summed E-state index contributed by atoms with van der Waals surface area (Å²) in [5.74, 6) is -0.934. The second kappa shape index (κ2) is 6.49. The standard InChI is InChI=1S/C14H10N4O3S2.Na/c1-17-5-7(16-10(17)11-15-2-3-22-11)4-8-12(19)18-9(14(20)21)6-23-13(8)18;/h2-6,13H,1H3,(H,20,21);/q;+1/p-1/b8-4-;. The molecule has 0 aliphatic carbocycles. The van der Waals surface area contributed by atoms with Crippen LogP contribution >= 0.6 is 23.1 Å². The molecule has 7 nitrogen and oxygen atoms in total. The van der Waals surface area contributed by atoms with E-state index in [2.05, 4.69) is 9.97 Å². The predicted molar refractivity (Wildman–Crippen MR) is 83.6 cm³/mol. The molecule has 0 aromatic carbocycles. The zero-order valence-electron chi connectivity index (χ0n) is 12.8. The van der Waals surface area contributed by atoms with Gasteiger partial charge >= 0.3 is 29.6 Å². The van der Waals surface area contributed by atoms with Crippen molar-refractivity contribution in [1.82, 2.24) is 19.4 Å². The summed E-state index contributed by atoms with van der Waals surface area (Å²) in [5, 5.41) is 14.8. The number of carbonyl (C=O) groups excluding carboxylic acids is 2. The molecular formula is C14H9N4NaO3S2. The first-order valence-electron chi connectivity index (χ1n) is 6.61. The van der Waals surface area contributed by atoms with Crippen LogP contribution in [0, 0.1) is 0 Å². The van der Waals surface area contributed by atoms with Crippen LogP contribution in [0.25, 0.3) is 16.9 Å². The molecule has 0 N–H and O–H groups in total. The van der Waals surface area contributed by atoms with Crippen molar-refractivity contribution in [2.45, 2.75) is 5.37 Å². The third-order valence-electron chi connectivity index (χ3n) is 3.57. The number of carboxylic acids is 1. The Morgan fingerprint density at radius 2 is 2.25 bits per heavy atom. The van der Waals surface area contributed by atoms with Crippen LogP contribution in [0.1, 0.15) is 5.69 Å². The Kier molecular flexibility index (Phi) is 4.71. The number of hydrogen-bond donors (Lipinski definition) is 0. The summed E-state index contributed by atoms with van der Waals surface area (Å²) >= 11 is 2.76. The van der Waals surface area contributed by atoms with Gasteiger partial charge in [-0.3, -0.25) is 9.69 Å². The predicted octanol–water partition coefficient (Wildman–Crippen LogP) is -2.56. The molecule has 10 heteroatoms. The molecule has 1 unspecified atom stereocenters. The van der Waals surface area contributed by atoms with Crippen LogP contribution in [0.5, 0.6) is 0 Å². The Labute approximate surface area is 167 Å². The molecule has 0 radical (unpaired) electrons. The molecule has 4 heterocycles. The van der Waals surface area contributed by atoms with E-state index in [-0.39, 0.29) is 46.5 Å². The summed E-state index contributed by atoms with van der Waals surface area (Å²) in [6.07, 6.45) is 5.22. The summed E-state index contributed by atoms with van der Waals surface area (Å²) in [6.45, 7) is 0. The number of thiazole rings is 1. The zero-order valence-corrected chi connectivity index (χ0v) is 16.4. The molecule has 1 fully saturated rings. The number of carboxylic acid groups (broad SMARTS) is 1. The van der Waals surface area contributed by atoms with E-state index < -0.39 is 5.97 Å². The van der Waals surface area contributed by atoms with Crippen molar-refractivity contribution in [1.29, 1.82) is 0 Å². The molecule has 2 aliphatic heterocycles. The molecule has 1 amide bonds. The first kappa shape index (κ1) is 17.4. The van der Waals surface area contributed by atoms with Crippen LogP contribution in [0.2, 0.25) is 0 Å². The number of amides is 1. The number of fused-ring (bicyclic) bond motifs is 1. The van der Waals surface area contributed by atoms with Crippen molar-refractivity contribution in [2.24, 2.45) is 7.05 Å². The Bertz CT molecular complexity index is 888. The van der Waals surface area contributed by atoms with Gasteiger partial charge in [-0.1, -0.05) is 0 Å². The molecule has 116 valence electrons. The number of rotatable bonds is 3. The molecule has 0 spiro atoms. The largest absolute Gasteiger partial charge is 1.00 e. The molecule has 1 saturated heterocycles. The monoisotopic (exact) mass is 368 g/mol. The smallest absolute Gasteiger partial charge is 0.543 e. The van der Waals surface area contributed by atoms with Gasteiger partial charge in [0.05, 0.1) is 22.9 Å². The Morgan fingerprint density at radius 3 is 2.92 bits per heavy atom. The zero-order chi connectivity index (χ0) is 16.1. The van der Waals surface area contributed by atoms with Crippen LogP contribution in [-0.4, -0.2) is 36.7 Å². The van der Waals surface area contributed by atoms with Crippen LogP contribution < -0.4 is 34.7 Å². The van der Waals surface area contributed by atoms with Gasteiger partial charge in [-0.2, -0.15) is 0 Å². The molecular weight excluding hydrogens is 359 g/mol. The first-order chi connectivity index (χ1) is 11.1. The fraction of sp³-hybridized carbons (Fsp3) is 0.143. The number of imidazole rings is 1. The fourth-order valence-electron chi connectivity index (χ4n) is 2.51. The maximum absolute atomic E-state index is 12.2. The minimum Gasteiger partial charge on any atom is -0.543 e. The van der Waals surface area contributed by atoms with Crippen molar-refractivity contribution >= 4 is 41.1 Å². The van der Waals surface area contributed by atoms with E-state index in [1.807, 2.05) is 23.2 Å². The summed E-state index contributed by atoms with van der Waals surface area (Å²) in [7, 11) is 1.86. The van der Waals surface area contributed by atoms with E-state index in [4.69, 9.17) is 0 Å². The van der Waals surface area contributed by atoms with Crippen molar-refractivity contribution < 1.29 is 44.3 Å². The molecule has 1 atom stereocenters. The number of hydrogen-bond acceptors (Lipinski definition) is 7. The van der Waals surface area contributed by atoms with Crippen molar-refractivity contribution in [2.75, 3.05) is 0 Å². The molecule has 0 saturated carbocycles. The van der Waals surface area contributed by atoms with E-state index >= 15 is 0 Å².